The molecule has 2 unspecified atom stereocenters. The number of carbonyl (C=O) groups excluding carboxylic acids is 1. The molecule has 1 aliphatic rings. The Labute approximate surface area is 97.3 Å². The van der Waals surface area contributed by atoms with Crippen LogP contribution in [0.25, 0.3) is 0 Å². The fourth-order valence-corrected chi connectivity index (χ4v) is 1.67. The third-order valence-electron chi connectivity index (χ3n) is 2.55. The number of rotatable bonds is 3. The number of para-hydroxylation sites is 1. The van der Waals surface area contributed by atoms with Crippen LogP contribution in [0.4, 0.5) is 5.69 Å². The SMILES string of the molecule is O=C(Nc1ccccc1)C1NNCC1[N+](=O)[O-]. The summed E-state index contributed by atoms with van der Waals surface area (Å²) in [6, 6.07) is 7.03. The molecule has 0 aliphatic carbocycles. The third-order valence-corrected chi connectivity index (χ3v) is 2.55. The molecule has 1 aliphatic heterocycles. The molecule has 1 aromatic carbocycles. The number of hydrazine groups is 1. The normalized spacial score (nSPS) is 23.3. The minimum Gasteiger partial charge on any atom is -0.324 e. The van der Waals surface area contributed by atoms with E-state index in [1.807, 2.05) is 6.07 Å². The molecule has 1 heterocycles. The van der Waals surface area contributed by atoms with Gasteiger partial charge in [-0.3, -0.25) is 14.9 Å². The van der Waals surface area contributed by atoms with Crippen LogP contribution >= 0.6 is 0 Å². The van der Waals surface area contributed by atoms with Crippen LogP contribution in [0.2, 0.25) is 0 Å². The third kappa shape index (κ3) is 2.58. The van der Waals surface area contributed by atoms with Crippen LogP contribution in [0, 0.1) is 10.1 Å². The highest BCUT2D eigenvalue weighted by Crippen LogP contribution is 2.09. The maximum atomic E-state index is 11.8. The Morgan fingerprint density at radius 3 is 2.76 bits per heavy atom. The van der Waals surface area contributed by atoms with Crippen LogP contribution in [0.1, 0.15) is 0 Å². The molecule has 0 spiro atoms. The molecule has 7 heteroatoms. The van der Waals surface area contributed by atoms with Gasteiger partial charge in [-0.1, -0.05) is 18.2 Å². The molecule has 1 aromatic rings. The van der Waals surface area contributed by atoms with Crippen LogP contribution in [0.5, 0.6) is 0 Å². The van der Waals surface area contributed by atoms with E-state index in [0.717, 1.165) is 0 Å². The van der Waals surface area contributed by atoms with E-state index in [4.69, 9.17) is 0 Å². The maximum absolute atomic E-state index is 11.8. The van der Waals surface area contributed by atoms with Crippen molar-refractivity contribution in [3.8, 4) is 0 Å². The van der Waals surface area contributed by atoms with E-state index in [2.05, 4.69) is 16.2 Å². The van der Waals surface area contributed by atoms with Crippen molar-refractivity contribution in [1.82, 2.24) is 10.9 Å². The van der Waals surface area contributed by atoms with Gasteiger partial charge < -0.3 is 5.32 Å². The molecule has 1 amide bonds. The zero-order chi connectivity index (χ0) is 12.3. The molecular formula is C10H12N4O3. The molecule has 7 nitrogen and oxygen atoms in total. The lowest BCUT2D eigenvalue weighted by atomic mass is 10.1. The molecule has 1 fully saturated rings. The molecule has 0 radical (unpaired) electrons. The van der Waals surface area contributed by atoms with Gasteiger partial charge in [-0.05, 0) is 12.1 Å². The second kappa shape index (κ2) is 4.89. The van der Waals surface area contributed by atoms with E-state index in [1.54, 1.807) is 24.3 Å². The van der Waals surface area contributed by atoms with Crippen LogP contribution in [-0.2, 0) is 4.79 Å². The van der Waals surface area contributed by atoms with E-state index in [9.17, 15) is 14.9 Å². The number of benzene rings is 1. The number of amides is 1. The highest BCUT2D eigenvalue weighted by Gasteiger charge is 2.41. The number of anilines is 1. The van der Waals surface area contributed by atoms with Crippen molar-refractivity contribution in [3.63, 3.8) is 0 Å². The molecule has 17 heavy (non-hydrogen) atoms. The van der Waals surface area contributed by atoms with Crippen molar-refractivity contribution >= 4 is 11.6 Å². The highest BCUT2D eigenvalue weighted by molar-refractivity contribution is 5.95. The highest BCUT2D eigenvalue weighted by atomic mass is 16.6. The minimum atomic E-state index is -0.946. The first kappa shape index (κ1) is 11.5. The molecule has 2 rings (SSSR count). The Morgan fingerprint density at radius 2 is 2.12 bits per heavy atom. The molecular weight excluding hydrogens is 224 g/mol. The molecule has 0 aromatic heterocycles. The number of carbonyl (C=O) groups is 1. The van der Waals surface area contributed by atoms with E-state index in [1.165, 1.54) is 0 Å². The Hall–Kier alpha value is -1.99. The smallest absolute Gasteiger partial charge is 0.252 e. The van der Waals surface area contributed by atoms with Crippen LogP contribution in [0.3, 0.4) is 0 Å². The summed E-state index contributed by atoms with van der Waals surface area (Å²) in [5, 5.41) is 13.3. The maximum Gasteiger partial charge on any atom is 0.252 e. The van der Waals surface area contributed by atoms with Gasteiger partial charge in [0.25, 0.3) is 6.04 Å². The van der Waals surface area contributed by atoms with Crippen molar-refractivity contribution in [1.29, 1.82) is 0 Å². The molecule has 1 saturated heterocycles. The number of hydrogen-bond donors (Lipinski definition) is 3. The van der Waals surface area contributed by atoms with Gasteiger partial charge in [0.2, 0.25) is 5.91 Å². The van der Waals surface area contributed by atoms with E-state index in [0.29, 0.717) is 5.69 Å². The Balaban J connectivity index is 2.03. The van der Waals surface area contributed by atoms with E-state index < -0.39 is 22.9 Å². The summed E-state index contributed by atoms with van der Waals surface area (Å²) >= 11 is 0. The quantitative estimate of drug-likeness (QED) is 0.496. The van der Waals surface area contributed by atoms with E-state index >= 15 is 0 Å². The second-order valence-electron chi connectivity index (χ2n) is 3.71. The van der Waals surface area contributed by atoms with Crippen molar-refractivity contribution in [2.45, 2.75) is 12.1 Å². The first-order valence-electron chi connectivity index (χ1n) is 5.16. The zero-order valence-corrected chi connectivity index (χ0v) is 8.92. The fourth-order valence-electron chi connectivity index (χ4n) is 1.67. The molecule has 90 valence electrons. The van der Waals surface area contributed by atoms with Gasteiger partial charge in [0, 0.05) is 10.6 Å². The Kier molecular flexibility index (Phi) is 3.31. The van der Waals surface area contributed by atoms with Crippen molar-refractivity contribution in [2.24, 2.45) is 0 Å². The van der Waals surface area contributed by atoms with Gasteiger partial charge in [0.15, 0.2) is 6.04 Å². The lowest BCUT2D eigenvalue weighted by Crippen LogP contribution is -2.46. The minimum absolute atomic E-state index is 0.139. The average Bonchev–Trinajstić information content (AvgIpc) is 2.79. The summed E-state index contributed by atoms with van der Waals surface area (Å²) in [6.45, 7) is 0.139. The first-order chi connectivity index (χ1) is 8.18. The van der Waals surface area contributed by atoms with E-state index in [-0.39, 0.29) is 6.54 Å². The van der Waals surface area contributed by atoms with Gasteiger partial charge in [-0.15, -0.1) is 0 Å². The summed E-state index contributed by atoms with van der Waals surface area (Å²) in [4.78, 5) is 22.1. The van der Waals surface area contributed by atoms with Crippen LogP contribution < -0.4 is 16.2 Å². The largest absolute Gasteiger partial charge is 0.324 e. The van der Waals surface area contributed by atoms with Gasteiger partial charge in [0.1, 0.15) is 0 Å². The number of nitrogens with one attached hydrogen (secondary N) is 3. The fraction of sp³-hybridized carbons (Fsp3) is 0.300. The standard InChI is InChI=1S/C10H12N4O3/c15-10(12-7-4-2-1-3-5-7)9-8(14(16)17)6-11-13-9/h1-5,8-9,11,13H,6H2,(H,12,15). The molecule has 2 atom stereocenters. The van der Waals surface area contributed by atoms with Crippen molar-refractivity contribution in [3.05, 3.63) is 40.4 Å². The predicted octanol–water partition coefficient (Wildman–Crippen LogP) is -0.253. The Morgan fingerprint density at radius 1 is 1.41 bits per heavy atom. The second-order valence-corrected chi connectivity index (χ2v) is 3.71. The summed E-state index contributed by atoms with van der Waals surface area (Å²) in [7, 11) is 0. The average molecular weight is 236 g/mol. The predicted molar refractivity (Wildman–Crippen MR) is 60.8 cm³/mol. The first-order valence-corrected chi connectivity index (χ1v) is 5.16. The van der Waals surface area contributed by atoms with Crippen molar-refractivity contribution in [2.75, 3.05) is 11.9 Å². The van der Waals surface area contributed by atoms with Gasteiger partial charge in [0.05, 0.1) is 6.54 Å². The number of nitrogens with zero attached hydrogens (tertiary/aromatic N) is 1. The van der Waals surface area contributed by atoms with Gasteiger partial charge >= 0.3 is 0 Å². The summed E-state index contributed by atoms with van der Waals surface area (Å²) in [6.07, 6.45) is 0. The van der Waals surface area contributed by atoms with Crippen molar-refractivity contribution < 1.29 is 9.72 Å². The number of hydrogen-bond acceptors (Lipinski definition) is 5. The summed E-state index contributed by atoms with van der Waals surface area (Å²) in [5.74, 6) is -0.414. The van der Waals surface area contributed by atoms with Crippen LogP contribution in [-0.4, -0.2) is 29.5 Å². The van der Waals surface area contributed by atoms with Crippen LogP contribution in [0.15, 0.2) is 30.3 Å². The van der Waals surface area contributed by atoms with Gasteiger partial charge in [-0.25, -0.2) is 10.9 Å². The molecule has 0 saturated carbocycles. The summed E-state index contributed by atoms with van der Waals surface area (Å²) < 4.78 is 0. The lowest BCUT2D eigenvalue weighted by molar-refractivity contribution is -0.517. The number of nitro groups is 1. The molecule has 0 bridgehead atoms. The summed E-state index contributed by atoms with van der Waals surface area (Å²) in [5.41, 5.74) is 5.84. The monoisotopic (exact) mass is 236 g/mol. The molecule has 3 N–H and O–H groups in total. The van der Waals surface area contributed by atoms with Gasteiger partial charge in [-0.2, -0.15) is 0 Å². The zero-order valence-electron chi connectivity index (χ0n) is 8.92. The lowest BCUT2D eigenvalue weighted by Gasteiger charge is -2.12. The Bertz CT molecular complexity index is 423. The topological polar surface area (TPSA) is 96.3 Å².